The standard InChI is InChI=1S/C10H17N5S/c1-8-12-9(14-11)7-10(13-8)15-3-2-5-16-6-4-15/h7H,2-6,11H2,1H3,(H,12,13,14). The maximum Gasteiger partial charge on any atom is 0.145 e. The van der Waals surface area contributed by atoms with Crippen molar-refractivity contribution in [1.29, 1.82) is 0 Å². The summed E-state index contributed by atoms with van der Waals surface area (Å²) in [5.41, 5.74) is 2.58. The molecule has 16 heavy (non-hydrogen) atoms. The third-order valence-corrected chi connectivity index (χ3v) is 3.57. The highest BCUT2D eigenvalue weighted by molar-refractivity contribution is 7.99. The van der Waals surface area contributed by atoms with Crippen LogP contribution in [-0.4, -0.2) is 34.6 Å². The van der Waals surface area contributed by atoms with Crippen molar-refractivity contribution < 1.29 is 0 Å². The topological polar surface area (TPSA) is 67.1 Å². The number of nitrogen functional groups attached to an aromatic ring is 1. The number of aryl methyl sites for hydroxylation is 1. The van der Waals surface area contributed by atoms with E-state index in [1.165, 1.54) is 12.2 Å². The third kappa shape index (κ3) is 2.76. The average Bonchev–Trinajstić information content (AvgIpc) is 2.56. The Kier molecular flexibility index (Phi) is 3.84. The van der Waals surface area contributed by atoms with Crippen LogP contribution in [0.1, 0.15) is 12.2 Å². The molecule has 1 aromatic heterocycles. The molecule has 0 spiro atoms. The number of nitrogens with zero attached hydrogens (tertiary/aromatic N) is 3. The van der Waals surface area contributed by atoms with Gasteiger partial charge in [-0.2, -0.15) is 11.8 Å². The molecule has 0 radical (unpaired) electrons. The number of thioether (sulfide) groups is 1. The first-order valence-electron chi connectivity index (χ1n) is 5.44. The fourth-order valence-electron chi connectivity index (χ4n) is 1.76. The quantitative estimate of drug-likeness (QED) is 0.593. The molecule has 0 bridgehead atoms. The van der Waals surface area contributed by atoms with E-state index in [9.17, 15) is 0 Å². The summed E-state index contributed by atoms with van der Waals surface area (Å²) in [6.07, 6.45) is 1.21. The van der Waals surface area contributed by atoms with Gasteiger partial charge in [-0.3, -0.25) is 0 Å². The molecule has 1 aliphatic heterocycles. The van der Waals surface area contributed by atoms with Crippen molar-refractivity contribution in [3.05, 3.63) is 11.9 Å². The Morgan fingerprint density at radius 1 is 1.38 bits per heavy atom. The van der Waals surface area contributed by atoms with Crippen molar-refractivity contribution in [3.63, 3.8) is 0 Å². The first-order chi connectivity index (χ1) is 7.79. The number of nitrogens with two attached hydrogens (primary N) is 1. The molecule has 0 saturated carbocycles. The van der Waals surface area contributed by atoms with E-state index in [4.69, 9.17) is 5.84 Å². The molecule has 1 fully saturated rings. The van der Waals surface area contributed by atoms with Crippen molar-refractivity contribution in [2.24, 2.45) is 5.84 Å². The largest absolute Gasteiger partial charge is 0.356 e. The predicted octanol–water partition coefficient (Wildman–Crippen LogP) is 1.01. The number of hydrogen-bond donors (Lipinski definition) is 2. The Morgan fingerprint density at radius 3 is 3.06 bits per heavy atom. The SMILES string of the molecule is Cc1nc(NN)cc(N2CCCSCC2)n1. The van der Waals surface area contributed by atoms with Crippen LogP contribution in [0.25, 0.3) is 0 Å². The van der Waals surface area contributed by atoms with Crippen LogP contribution in [0.5, 0.6) is 0 Å². The van der Waals surface area contributed by atoms with Gasteiger partial charge in [0.25, 0.3) is 0 Å². The van der Waals surface area contributed by atoms with E-state index < -0.39 is 0 Å². The van der Waals surface area contributed by atoms with Gasteiger partial charge in [-0.15, -0.1) is 0 Å². The highest BCUT2D eigenvalue weighted by Gasteiger charge is 2.12. The first-order valence-corrected chi connectivity index (χ1v) is 6.60. The summed E-state index contributed by atoms with van der Waals surface area (Å²) in [5.74, 6) is 10.2. The lowest BCUT2D eigenvalue weighted by molar-refractivity contribution is 0.794. The Bertz CT molecular complexity index is 349. The van der Waals surface area contributed by atoms with Gasteiger partial charge >= 0.3 is 0 Å². The van der Waals surface area contributed by atoms with Crippen LogP contribution in [-0.2, 0) is 0 Å². The number of anilines is 2. The lowest BCUT2D eigenvalue weighted by Gasteiger charge is -2.21. The molecule has 1 saturated heterocycles. The smallest absolute Gasteiger partial charge is 0.145 e. The Morgan fingerprint density at radius 2 is 2.25 bits per heavy atom. The van der Waals surface area contributed by atoms with E-state index in [0.717, 1.165) is 30.5 Å². The molecule has 0 aliphatic carbocycles. The number of hydrogen-bond acceptors (Lipinski definition) is 6. The zero-order valence-corrected chi connectivity index (χ0v) is 10.3. The lowest BCUT2D eigenvalue weighted by Crippen LogP contribution is -2.27. The van der Waals surface area contributed by atoms with Gasteiger partial charge in [0.05, 0.1) is 0 Å². The molecule has 0 amide bonds. The van der Waals surface area contributed by atoms with Gasteiger partial charge in [0.15, 0.2) is 0 Å². The van der Waals surface area contributed by atoms with Crippen LogP contribution in [0.4, 0.5) is 11.6 Å². The van der Waals surface area contributed by atoms with Crippen LogP contribution < -0.4 is 16.2 Å². The number of rotatable bonds is 2. The molecular weight excluding hydrogens is 222 g/mol. The Labute approximate surface area is 99.8 Å². The Balaban J connectivity index is 2.20. The lowest BCUT2D eigenvalue weighted by atomic mass is 10.4. The minimum Gasteiger partial charge on any atom is -0.356 e. The first kappa shape index (κ1) is 11.5. The van der Waals surface area contributed by atoms with Crippen molar-refractivity contribution in [2.45, 2.75) is 13.3 Å². The van der Waals surface area contributed by atoms with Crippen molar-refractivity contribution >= 4 is 23.4 Å². The molecule has 5 nitrogen and oxygen atoms in total. The Hall–Kier alpha value is -1.01. The van der Waals surface area contributed by atoms with E-state index in [0.29, 0.717) is 5.82 Å². The van der Waals surface area contributed by atoms with Gasteiger partial charge in [0.1, 0.15) is 17.5 Å². The van der Waals surface area contributed by atoms with Gasteiger partial charge in [-0.25, -0.2) is 15.8 Å². The summed E-state index contributed by atoms with van der Waals surface area (Å²) in [6.45, 7) is 4.00. The van der Waals surface area contributed by atoms with Crippen molar-refractivity contribution in [3.8, 4) is 0 Å². The second kappa shape index (κ2) is 5.36. The number of hydrazine groups is 1. The maximum absolute atomic E-state index is 5.39. The zero-order valence-electron chi connectivity index (χ0n) is 9.44. The highest BCUT2D eigenvalue weighted by atomic mass is 32.2. The van der Waals surface area contributed by atoms with Crippen LogP contribution >= 0.6 is 11.8 Å². The molecule has 6 heteroatoms. The van der Waals surface area contributed by atoms with Gasteiger partial charge < -0.3 is 10.3 Å². The fraction of sp³-hybridized carbons (Fsp3) is 0.600. The number of aromatic nitrogens is 2. The van der Waals surface area contributed by atoms with E-state index in [-0.39, 0.29) is 0 Å². The minimum absolute atomic E-state index is 0.680. The molecular formula is C10H17N5S. The highest BCUT2D eigenvalue weighted by Crippen LogP contribution is 2.19. The fourth-order valence-corrected chi connectivity index (χ4v) is 2.65. The summed E-state index contributed by atoms with van der Waals surface area (Å²) < 4.78 is 0. The molecule has 2 heterocycles. The minimum atomic E-state index is 0.680. The van der Waals surface area contributed by atoms with E-state index in [2.05, 4.69) is 20.3 Å². The zero-order chi connectivity index (χ0) is 11.4. The van der Waals surface area contributed by atoms with Crippen molar-refractivity contribution in [2.75, 3.05) is 34.9 Å². The van der Waals surface area contributed by atoms with Crippen LogP contribution in [0.15, 0.2) is 6.07 Å². The summed E-state index contributed by atoms with van der Waals surface area (Å²) in [4.78, 5) is 10.9. The van der Waals surface area contributed by atoms with Crippen molar-refractivity contribution in [1.82, 2.24) is 9.97 Å². The van der Waals surface area contributed by atoms with Gasteiger partial charge in [-0.1, -0.05) is 0 Å². The molecule has 1 aliphatic rings. The van der Waals surface area contributed by atoms with Crippen LogP contribution in [0.3, 0.4) is 0 Å². The predicted molar refractivity (Wildman–Crippen MR) is 68.7 cm³/mol. The molecule has 0 aromatic carbocycles. The molecule has 88 valence electrons. The third-order valence-electron chi connectivity index (χ3n) is 2.52. The second-order valence-corrected chi connectivity index (χ2v) is 4.98. The molecule has 0 unspecified atom stereocenters. The van der Waals surface area contributed by atoms with E-state index in [1.807, 2.05) is 24.8 Å². The summed E-state index contributed by atoms with van der Waals surface area (Å²) in [5, 5.41) is 0. The summed E-state index contributed by atoms with van der Waals surface area (Å²) >= 11 is 2.00. The molecule has 2 rings (SSSR count). The van der Waals surface area contributed by atoms with E-state index in [1.54, 1.807) is 0 Å². The van der Waals surface area contributed by atoms with Crippen LogP contribution in [0, 0.1) is 6.92 Å². The van der Waals surface area contributed by atoms with Gasteiger partial charge in [-0.05, 0) is 19.1 Å². The van der Waals surface area contributed by atoms with E-state index >= 15 is 0 Å². The maximum atomic E-state index is 5.39. The summed E-state index contributed by atoms with van der Waals surface area (Å²) in [7, 11) is 0. The normalized spacial score (nSPS) is 17.0. The molecule has 1 aromatic rings. The summed E-state index contributed by atoms with van der Waals surface area (Å²) in [6, 6.07) is 1.91. The number of nitrogens with one attached hydrogen (secondary N) is 1. The molecule has 3 N–H and O–H groups in total. The van der Waals surface area contributed by atoms with Gasteiger partial charge in [0.2, 0.25) is 0 Å². The average molecular weight is 239 g/mol. The molecule has 0 atom stereocenters. The van der Waals surface area contributed by atoms with Crippen LogP contribution in [0.2, 0.25) is 0 Å². The van der Waals surface area contributed by atoms with Gasteiger partial charge in [0, 0.05) is 24.9 Å². The monoisotopic (exact) mass is 239 g/mol. The second-order valence-electron chi connectivity index (χ2n) is 3.76.